The van der Waals surface area contributed by atoms with Crippen molar-refractivity contribution in [2.24, 2.45) is 0 Å². The molecule has 90 valence electrons. The van der Waals surface area contributed by atoms with E-state index in [9.17, 15) is 4.79 Å². The minimum Gasteiger partial charge on any atom is -0.378 e. The Morgan fingerprint density at radius 2 is 1.88 bits per heavy atom. The molecule has 1 aromatic heterocycles. The molecule has 0 unspecified atom stereocenters. The van der Waals surface area contributed by atoms with Gasteiger partial charge in [-0.25, -0.2) is 0 Å². The van der Waals surface area contributed by atoms with Gasteiger partial charge in [-0.05, 0) is 24.3 Å². The number of H-pyrrole nitrogens is 1. The summed E-state index contributed by atoms with van der Waals surface area (Å²) in [5.74, 6) is 0.797. The molecule has 0 bridgehead atoms. The summed E-state index contributed by atoms with van der Waals surface area (Å²) in [6.45, 7) is 3.97. The quantitative estimate of drug-likeness (QED) is 0.847. The highest BCUT2D eigenvalue weighted by Gasteiger charge is 2.17. The van der Waals surface area contributed by atoms with Crippen molar-refractivity contribution in [3.05, 3.63) is 40.2 Å². The fourth-order valence-corrected chi connectivity index (χ4v) is 2.20. The molecule has 0 aliphatic carbocycles. The van der Waals surface area contributed by atoms with Gasteiger partial charge in [0.15, 0.2) is 5.76 Å². The molecule has 1 aromatic carbocycles. The maximum atomic E-state index is 11.6. The normalized spacial score (nSPS) is 11.1. The molecule has 2 rings (SSSR count). The third-order valence-electron chi connectivity index (χ3n) is 2.66. The van der Waals surface area contributed by atoms with E-state index in [2.05, 4.69) is 5.16 Å². The number of aromatic nitrogens is 1. The Morgan fingerprint density at radius 3 is 2.41 bits per heavy atom. The molecule has 0 saturated heterocycles. The lowest BCUT2D eigenvalue weighted by molar-refractivity contribution is 0.425. The summed E-state index contributed by atoms with van der Waals surface area (Å²) in [7, 11) is 0. The van der Waals surface area contributed by atoms with Gasteiger partial charge < -0.3 is 4.52 Å². The highest BCUT2D eigenvalue weighted by molar-refractivity contribution is 7.98. The molecule has 0 fully saturated rings. The first-order valence-corrected chi connectivity index (χ1v) is 6.71. The van der Waals surface area contributed by atoms with Gasteiger partial charge in [-0.2, -0.15) is 5.16 Å². The van der Waals surface area contributed by atoms with Gasteiger partial charge in [0, 0.05) is 10.5 Å². The molecule has 0 radical (unpaired) electrons. The molecular weight excluding hydrogens is 234 g/mol. The van der Waals surface area contributed by atoms with E-state index in [1.54, 1.807) is 11.8 Å². The van der Waals surface area contributed by atoms with Crippen LogP contribution in [0.2, 0.25) is 0 Å². The summed E-state index contributed by atoms with van der Waals surface area (Å²) in [6, 6.07) is 8.00. The Labute approximate surface area is 104 Å². The Morgan fingerprint density at radius 1 is 1.24 bits per heavy atom. The van der Waals surface area contributed by atoms with E-state index in [1.807, 2.05) is 44.4 Å². The van der Waals surface area contributed by atoms with Gasteiger partial charge in [-0.15, -0.1) is 11.8 Å². The molecule has 2 aromatic rings. The minimum atomic E-state index is -0.135. The van der Waals surface area contributed by atoms with Crippen molar-refractivity contribution in [3.63, 3.8) is 0 Å². The van der Waals surface area contributed by atoms with Crippen molar-refractivity contribution in [1.82, 2.24) is 5.16 Å². The lowest BCUT2D eigenvalue weighted by Crippen LogP contribution is -2.07. The van der Waals surface area contributed by atoms with Crippen molar-refractivity contribution in [1.29, 1.82) is 0 Å². The molecular formula is C13H15NO2S. The molecule has 1 N–H and O–H groups in total. The molecule has 0 aliphatic heterocycles. The van der Waals surface area contributed by atoms with Crippen LogP contribution in [0.1, 0.15) is 25.3 Å². The predicted octanol–water partition coefficient (Wildman–Crippen LogP) is 3.48. The zero-order valence-corrected chi connectivity index (χ0v) is 10.9. The first-order chi connectivity index (χ1) is 8.13. The van der Waals surface area contributed by atoms with E-state index in [0.717, 1.165) is 5.56 Å². The molecule has 0 saturated carbocycles. The number of hydrogen-bond acceptors (Lipinski definition) is 3. The van der Waals surface area contributed by atoms with E-state index in [1.165, 1.54) is 4.90 Å². The summed E-state index contributed by atoms with van der Waals surface area (Å²) in [5.41, 5.74) is 1.51. The second-order valence-electron chi connectivity index (χ2n) is 4.16. The fraction of sp³-hybridized carbons (Fsp3) is 0.308. The van der Waals surface area contributed by atoms with Crippen molar-refractivity contribution in [3.8, 4) is 11.3 Å². The maximum Gasteiger partial charge on any atom is 0.283 e. The van der Waals surface area contributed by atoms with E-state index < -0.39 is 0 Å². The molecule has 0 spiro atoms. The smallest absolute Gasteiger partial charge is 0.283 e. The molecule has 0 aliphatic rings. The van der Waals surface area contributed by atoms with Crippen molar-refractivity contribution < 1.29 is 4.52 Å². The Balaban J connectivity index is 2.49. The van der Waals surface area contributed by atoms with Crippen LogP contribution in [0.25, 0.3) is 11.3 Å². The summed E-state index contributed by atoms with van der Waals surface area (Å²) in [6.07, 6.45) is 2.03. The standard InChI is InChI=1S/C13H15NO2S/c1-8(2)11-12(16-14-13(11)15)9-4-6-10(17-3)7-5-9/h4-8H,1-3H3,(H,14,15). The Bertz CT molecular complexity index is 552. The lowest BCUT2D eigenvalue weighted by atomic mass is 10.0. The van der Waals surface area contributed by atoms with Crippen LogP contribution in [0.3, 0.4) is 0 Å². The summed E-state index contributed by atoms with van der Waals surface area (Å²) >= 11 is 1.69. The fourth-order valence-electron chi connectivity index (χ4n) is 1.79. The highest BCUT2D eigenvalue weighted by Crippen LogP contribution is 2.27. The zero-order chi connectivity index (χ0) is 12.4. The van der Waals surface area contributed by atoms with Gasteiger partial charge in [0.25, 0.3) is 5.56 Å². The van der Waals surface area contributed by atoms with E-state index >= 15 is 0 Å². The van der Waals surface area contributed by atoms with Crippen LogP contribution in [-0.2, 0) is 0 Å². The molecule has 0 amide bonds. The van der Waals surface area contributed by atoms with Crippen LogP contribution >= 0.6 is 11.8 Å². The minimum absolute atomic E-state index is 0.135. The Kier molecular flexibility index (Phi) is 3.43. The third kappa shape index (κ3) is 2.31. The average molecular weight is 249 g/mol. The average Bonchev–Trinajstić information content (AvgIpc) is 2.71. The Hall–Kier alpha value is -1.42. The second kappa shape index (κ2) is 4.84. The number of thioether (sulfide) groups is 1. The van der Waals surface area contributed by atoms with E-state index in [0.29, 0.717) is 11.3 Å². The van der Waals surface area contributed by atoms with Crippen LogP contribution < -0.4 is 5.56 Å². The van der Waals surface area contributed by atoms with Crippen LogP contribution in [0.15, 0.2) is 38.5 Å². The molecule has 3 nitrogen and oxygen atoms in total. The number of rotatable bonds is 3. The van der Waals surface area contributed by atoms with Gasteiger partial charge in [0.05, 0.1) is 5.56 Å². The molecule has 17 heavy (non-hydrogen) atoms. The van der Waals surface area contributed by atoms with Gasteiger partial charge in [0.2, 0.25) is 0 Å². The predicted molar refractivity (Wildman–Crippen MR) is 70.6 cm³/mol. The molecule has 4 heteroatoms. The first kappa shape index (κ1) is 12.0. The van der Waals surface area contributed by atoms with Crippen LogP contribution in [-0.4, -0.2) is 11.4 Å². The van der Waals surface area contributed by atoms with Gasteiger partial charge in [-0.1, -0.05) is 26.0 Å². The topological polar surface area (TPSA) is 46.0 Å². The van der Waals surface area contributed by atoms with Gasteiger partial charge >= 0.3 is 0 Å². The maximum absolute atomic E-state index is 11.6. The SMILES string of the molecule is CSc1ccc(-c2o[nH]c(=O)c2C(C)C)cc1. The van der Waals surface area contributed by atoms with E-state index in [4.69, 9.17) is 4.52 Å². The van der Waals surface area contributed by atoms with Crippen LogP contribution in [0.5, 0.6) is 0 Å². The summed E-state index contributed by atoms with van der Waals surface area (Å²) in [4.78, 5) is 12.8. The van der Waals surface area contributed by atoms with Crippen molar-refractivity contribution >= 4 is 11.8 Å². The summed E-state index contributed by atoms with van der Waals surface area (Å²) < 4.78 is 5.27. The largest absolute Gasteiger partial charge is 0.378 e. The lowest BCUT2D eigenvalue weighted by Gasteiger charge is -2.04. The highest BCUT2D eigenvalue weighted by atomic mass is 32.2. The monoisotopic (exact) mass is 249 g/mol. The van der Waals surface area contributed by atoms with Gasteiger partial charge in [-0.3, -0.25) is 4.79 Å². The van der Waals surface area contributed by atoms with Crippen LogP contribution in [0.4, 0.5) is 0 Å². The molecule has 1 heterocycles. The van der Waals surface area contributed by atoms with E-state index in [-0.39, 0.29) is 11.5 Å². The number of hydrogen-bond donors (Lipinski definition) is 1. The second-order valence-corrected chi connectivity index (χ2v) is 5.04. The zero-order valence-electron chi connectivity index (χ0n) is 10.1. The number of aromatic amines is 1. The van der Waals surface area contributed by atoms with Crippen LogP contribution in [0, 0.1) is 0 Å². The first-order valence-electron chi connectivity index (χ1n) is 5.49. The van der Waals surface area contributed by atoms with Crippen molar-refractivity contribution in [2.45, 2.75) is 24.7 Å². The summed E-state index contributed by atoms with van der Waals surface area (Å²) in [5, 5.41) is 2.41. The van der Waals surface area contributed by atoms with Gasteiger partial charge in [0.1, 0.15) is 0 Å². The number of nitrogens with one attached hydrogen (secondary N) is 1. The van der Waals surface area contributed by atoms with Crippen molar-refractivity contribution in [2.75, 3.05) is 6.26 Å². The molecule has 0 atom stereocenters. The third-order valence-corrected chi connectivity index (χ3v) is 3.41. The number of benzene rings is 1.